The fourth-order valence-electron chi connectivity index (χ4n) is 4.92. The molecule has 0 unspecified atom stereocenters. The molecule has 1 aliphatic rings. The van der Waals surface area contributed by atoms with Crippen molar-refractivity contribution in [2.24, 2.45) is 0 Å². The van der Waals surface area contributed by atoms with Crippen LogP contribution in [0.4, 0.5) is 17.6 Å². The second-order valence-electron chi connectivity index (χ2n) is 10.6. The highest BCUT2D eigenvalue weighted by Crippen LogP contribution is 2.34. The van der Waals surface area contributed by atoms with Gasteiger partial charge in [-0.1, -0.05) is 73.9 Å². The monoisotopic (exact) mass is 695 g/mol. The highest BCUT2D eigenvalue weighted by molar-refractivity contribution is 7.98. The number of amides is 1. The summed E-state index contributed by atoms with van der Waals surface area (Å²) in [4.78, 5) is 33.4. The van der Waals surface area contributed by atoms with E-state index in [2.05, 4.69) is 4.98 Å². The van der Waals surface area contributed by atoms with Gasteiger partial charge < -0.3 is 14.4 Å². The van der Waals surface area contributed by atoms with E-state index in [1.54, 1.807) is 0 Å². The molecule has 0 aliphatic heterocycles. The van der Waals surface area contributed by atoms with Gasteiger partial charge in [0.15, 0.2) is 5.16 Å². The first-order chi connectivity index (χ1) is 29.1. The molecule has 0 bridgehead atoms. The van der Waals surface area contributed by atoms with Gasteiger partial charge in [-0.15, -0.1) is 0 Å². The molecule has 0 atom stereocenters. The maximum atomic E-state index is 14.7. The number of thioether (sulfide) groups is 1. The fraction of sp³-hybridized carbons (Fsp3) is 0.378. The van der Waals surface area contributed by atoms with Gasteiger partial charge in [0.1, 0.15) is 12.4 Å². The zero-order valence-corrected chi connectivity index (χ0v) is 27.0. The van der Waals surface area contributed by atoms with E-state index in [4.69, 9.17) is 17.8 Å². The third-order valence-corrected chi connectivity index (χ3v) is 8.42. The minimum Gasteiger partial charge on any atom is -0.336 e. The van der Waals surface area contributed by atoms with Crippen LogP contribution >= 0.6 is 11.8 Å². The largest absolute Gasteiger partial charge is 0.416 e. The number of likely N-dealkylation sites (N-methyl/N-ethyl adjacent to an activating group) is 1. The number of nitrogens with zero attached hydrogens (tertiary/aromatic N) is 4. The molecule has 1 heterocycles. The van der Waals surface area contributed by atoms with Gasteiger partial charge in [0, 0.05) is 39.3 Å². The van der Waals surface area contributed by atoms with Crippen LogP contribution in [-0.4, -0.2) is 51.3 Å². The second-order valence-corrected chi connectivity index (χ2v) is 11.6. The number of rotatable bonds is 13. The summed E-state index contributed by atoms with van der Waals surface area (Å²) in [5.41, 5.74) is -5.19. The van der Waals surface area contributed by atoms with Crippen LogP contribution < -0.4 is 5.56 Å². The Morgan fingerprint density at radius 3 is 2.31 bits per heavy atom. The summed E-state index contributed by atoms with van der Waals surface area (Å²) >= 11 is 0.689. The topological polar surface area (TPSA) is 58.4 Å². The lowest BCUT2D eigenvalue weighted by Gasteiger charge is -2.28. The number of aromatic nitrogens is 2. The van der Waals surface area contributed by atoms with Gasteiger partial charge in [-0.05, 0) is 85.2 Å². The molecular weight excluding hydrogens is 640 g/mol. The Hall–Kier alpha value is -3.96. The first-order valence-corrected chi connectivity index (χ1v) is 15.9. The number of benzene rings is 3. The van der Waals surface area contributed by atoms with Crippen molar-refractivity contribution in [2.45, 2.75) is 70.2 Å². The summed E-state index contributed by atoms with van der Waals surface area (Å²) in [6.07, 6.45) is -4.29. The van der Waals surface area contributed by atoms with Gasteiger partial charge in [0.2, 0.25) is 5.91 Å². The SMILES string of the molecule is [2H]c1c([2H])c(CSc2nc(=O)c3c(n2CC(=O)N(Cc2c([2H])c([2H])c(-c4c([2H])c([2H])c(C(F)(F)F)c(C)c4[2H])c([2H])c2[2H])C([2H])([2H])C([2H])([2H])N(CC)CC)CCC3)c([2H])c([2H])c1F. The van der Waals surface area contributed by atoms with E-state index in [1.807, 2.05) is 0 Å². The molecule has 0 fully saturated rings. The van der Waals surface area contributed by atoms with Crippen molar-refractivity contribution in [3.05, 3.63) is 116 Å². The van der Waals surface area contributed by atoms with Crippen molar-refractivity contribution in [2.75, 3.05) is 26.1 Å². The molecule has 1 aromatic heterocycles. The number of carbonyl (C=O) groups is 1. The summed E-state index contributed by atoms with van der Waals surface area (Å²) < 4.78 is 186. The molecule has 254 valence electrons. The molecule has 3 aromatic carbocycles. The van der Waals surface area contributed by atoms with Crippen molar-refractivity contribution < 1.29 is 42.9 Å². The lowest BCUT2D eigenvalue weighted by atomic mass is 9.98. The predicted molar refractivity (Wildman–Crippen MR) is 181 cm³/mol. The van der Waals surface area contributed by atoms with Crippen LogP contribution in [0.25, 0.3) is 11.1 Å². The van der Waals surface area contributed by atoms with Crippen molar-refractivity contribution >= 4 is 17.7 Å². The van der Waals surface area contributed by atoms with Gasteiger partial charge in [0.05, 0.1) is 23.4 Å². The van der Waals surface area contributed by atoms with E-state index in [0.29, 0.717) is 23.1 Å². The minimum atomic E-state index is -5.15. The maximum Gasteiger partial charge on any atom is 0.416 e. The normalized spacial score (nSPS) is 17.9. The predicted octanol–water partition coefficient (Wildman–Crippen LogP) is 7.53. The van der Waals surface area contributed by atoms with Gasteiger partial charge in [-0.3, -0.25) is 9.59 Å². The number of halogens is 4. The van der Waals surface area contributed by atoms with Crippen molar-refractivity contribution in [1.29, 1.82) is 0 Å². The Kier molecular flexibility index (Phi) is 6.63. The highest BCUT2D eigenvalue weighted by atomic mass is 32.2. The summed E-state index contributed by atoms with van der Waals surface area (Å²) in [6.45, 7) is -4.68. The molecule has 4 aromatic rings. The molecule has 0 saturated carbocycles. The minimum absolute atomic E-state index is 0.0757. The summed E-state index contributed by atoms with van der Waals surface area (Å²) in [5, 5.41) is -0.214. The smallest absolute Gasteiger partial charge is 0.336 e. The first-order valence-electron chi connectivity index (χ1n) is 22.4. The van der Waals surface area contributed by atoms with Crippen LogP contribution in [0.5, 0.6) is 0 Å². The van der Waals surface area contributed by atoms with E-state index in [1.165, 1.54) is 18.4 Å². The molecule has 1 amide bonds. The molecule has 11 heteroatoms. The van der Waals surface area contributed by atoms with E-state index >= 15 is 0 Å². The highest BCUT2D eigenvalue weighted by Gasteiger charge is 2.32. The molecule has 5 rings (SSSR count). The Morgan fingerprint density at radius 1 is 0.979 bits per heavy atom. The molecule has 6 nitrogen and oxygen atoms in total. The summed E-state index contributed by atoms with van der Waals surface area (Å²) in [6, 6.07) is -10.9. The molecule has 1 aliphatic carbocycles. The van der Waals surface area contributed by atoms with Crippen LogP contribution in [0.1, 0.15) is 74.3 Å². The standard InChI is InChI=1S/C37H40F4N4O2S/c1-4-43(5-2)19-20-44(22-26-9-13-28(14-10-26)29-15-18-32(25(3)21-29)37(39,40)41)34(46)23-45-33-8-6-7-31(33)35(47)42-36(45)48-24-27-11-16-30(38)17-12-27/h9-18,21H,4-8,19-20,22-24H2,1-3H3/i9D,10D,11D,12D,13D,14D,15D,16D,17D,18D,19D2,20D2,21D. The zero-order valence-electron chi connectivity index (χ0n) is 41.2. The number of hydrogen-bond acceptors (Lipinski definition) is 5. The molecule has 0 spiro atoms. The van der Waals surface area contributed by atoms with Crippen molar-refractivity contribution in [3.8, 4) is 11.1 Å². The first kappa shape index (κ1) is 20.5. The van der Waals surface area contributed by atoms with E-state index in [-0.39, 0.29) is 47.9 Å². The van der Waals surface area contributed by atoms with E-state index in [0.717, 1.165) is 11.8 Å². The fourth-order valence-corrected chi connectivity index (χ4v) is 5.82. The molecule has 0 radical (unpaired) electrons. The van der Waals surface area contributed by atoms with Crippen LogP contribution in [0.15, 0.2) is 76.4 Å². The van der Waals surface area contributed by atoms with Gasteiger partial charge in [-0.25, -0.2) is 4.39 Å². The van der Waals surface area contributed by atoms with Gasteiger partial charge >= 0.3 is 6.18 Å². The van der Waals surface area contributed by atoms with Crippen LogP contribution in [-0.2, 0) is 42.7 Å². The summed E-state index contributed by atoms with van der Waals surface area (Å²) in [7, 11) is 0. The van der Waals surface area contributed by atoms with Crippen LogP contribution in [0.2, 0.25) is 0 Å². The maximum absolute atomic E-state index is 14.7. The molecule has 0 saturated heterocycles. The lowest BCUT2D eigenvalue weighted by molar-refractivity contribution is -0.138. The van der Waals surface area contributed by atoms with Crippen molar-refractivity contribution in [3.63, 3.8) is 0 Å². The average Bonchev–Trinajstić information content (AvgIpc) is 3.71. The van der Waals surface area contributed by atoms with Gasteiger partial charge in [0.25, 0.3) is 5.56 Å². The Labute approximate surface area is 303 Å². The summed E-state index contributed by atoms with van der Waals surface area (Å²) in [5.74, 6) is -3.03. The molecular formula is C37H40F4N4O2S. The third kappa shape index (κ3) is 8.54. The van der Waals surface area contributed by atoms with E-state index in [9.17, 15) is 29.9 Å². The zero-order chi connectivity index (χ0) is 47.6. The molecule has 48 heavy (non-hydrogen) atoms. The number of alkyl halides is 3. The lowest BCUT2D eigenvalue weighted by Crippen LogP contribution is -2.40. The van der Waals surface area contributed by atoms with Crippen LogP contribution in [0.3, 0.4) is 0 Å². The van der Waals surface area contributed by atoms with E-state index < -0.39 is 150 Å². The second kappa shape index (κ2) is 15.5. The number of hydrogen-bond donors (Lipinski definition) is 0. The Bertz CT molecular complexity index is 2500. The molecule has 0 N–H and O–H groups in total. The number of carbonyl (C=O) groups excluding carboxylic acids is 1. The van der Waals surface area contributed by atoms with Crippen LogP contribution in [0, 0.1) is 12.7 Å². The third-order valence-electron chi connectivity index (χ3n) is 7.42. The average molecular weight is 696 g/mol. The number of fused-ring (bicyclic) bond motifs is 1. The van der Waals surface area contributed by atoms with Gasteiger partial charge in [-0.2, -0.15) is 18.2 Å². The Morgan fingerprint density at radius 2 is 1.65 bits per heavy atom. The van der Waals surface area contributed by atoms with Crippen molar-refractivity contribution in [1.82, 2.24) is 19.4 Å². The Balaban J connectivity index is 1.69. The quantitative estimate of drug-likeness (QED) is 0.0823.